The minimum Gasteiger partial charge on any atom is -0.413 e. The van der Waals surface area contributed by atoms with Gasteiger partial charge in [-0.2, -0.15) is 13.2 Å². The van der Waals surface area contributed by atoms with Gasteiger partial charge in [0.25, 0.3) is 5.92 Å². The molecule has 184 valence electrons. The van der Waals surface area contributed by atoms with E-state index in [-0.39, 0.29) is 24.3 Å². The second-order valence-corrected chi connectivity index (χ2v) is 9.18. The van der Waals surface area contributed by atoms with Crippen molar-refractivity contribution in [3.05, 3.63) is 52.4 Å². The van der Waals surface area contributed by atoms with Crippen molar-refractivity contribution in [2.24, 2.45) is 0 Å². The van der Waals surface area contributed by atoms with Crippen LogP contribution in [-0.2, 0) is 19.3 Å². The molecule has 0 aliphatic carbocycles. The maximum Gasteiger partial charge on any atom is 0.470 e. The van der Waals surface area contributed by atoms with Crippen LogP contribution in [0.5, 0.6) is 0 Å². The van der Waals surface area contributed by atoms with Crippen LogP contribution >= 0.6 is 11.3 Å². The molecule has 1 aliphatic rings. The molecule has 1 fully saturated rings. The molecule has 0 radical (unpaired) electrons. The van der Waals surface area contributed by atoms with Crippen molar-refractivity contribution in [1.82, 2.24) is 35.1 Å². The maximum absolute atomic E-state index is 13.3. The van der Waals surface area contributed by atoms with Crippen LogP contribution in [-0.4, -0.2) is 54.1 Å². The summed E-state index contributed by atoms with van der Waals surface area (Å²) in [6.07, 6.45) is -1.83. The van der Waals surface area contributed by atoms with Crippen LogP contribution in [0.3, 0.4) is 0 Å². The number of pyridine rings is 1. The van der Waals surface area contributed by atoms with Crippen molar-refractivity contribution in [2.75, 3.05) is 13.1 Å². The number of nitrogens with zero attached hydrogens (tertiary/aromatic N) is 7. The predicted octanol–water partition coefficient (Wildman–Crippen LogP) is 4.75. The van der Waals surface area contributed by atoms with E-state index in [1.54, 1.807) is 28.3 Å². The van der Waals surface area contributed by atoms with Crippen LogP contribution < -0.4 is 0 Å². The molecule has 0 atom stereocenters. The Morgan fingerprint density at radius 3 is 2.51 bits per heavy atom. The van der Waals surface area contributed by atoms with Gasteiger partial charge in [-0.3, -0.25) is 9.88 Å². The first-order valence-corrected chi connectivity index (χ1v) is 11.5. The SMILES string of the molecule is FC1(F)CCN(Cc2cc(-c3cn(Cc4ccc(-c5nnc(C(F)(F)F)o5)cn4)nn3)cs2)CC1. The van der Waals surface area contributed by atoms with Gasteiger partial charge in [-0.15, -0.1) is 26.6 Å². The Kier molecular flexibility index (Phi) is 6.09. The number of rotatable bonds is 6. The zero-order chi connectivity index (χ0) is 24.6. The van der Waals surface area contributed by atoms with Gasteiger partial charge in [-0.25, -0.2) is 13.5 Å². The van der Waals surface area contributed by atoms with Crippen molar-refractivity contribution >= 4 is 11.3 Å². The average molecular weight is 511 g/mol. The summed E-state index contributed by atoms with van der Waals surface area (Å²) in [5, 5.41) is 16.7. The fourth-order valence-corrected chi connectivity index (χ4v) is 4.55. The first kappa shape index (κ1) is 23.5. The quantitative estimate of drug-likeness (QED) is 0.346. The highest BCUT2D eigenvalue weighted by Crippen LogP contribution is 2.31. The average Bonchev–Trinajstić information content (AvgIpc) is 3.56. The lowest BCUT2D eigenvalue weighted by molar-refractivity contribution is -0.156. The topological polar surface area (TPSA) is 85.8 Å². The normalized spacial score (nSPS) is 16.6. The maximum atomic E-state index is 13.3. The number of thiophene rings is 1. The van der Waals surface area contributed by atoms with Crippen molar-refractivity contribution in [3.8, 4) is 22.7 Å². The van der Waals surface area contributed by atoms with Crippen LogP contribution in [0.25, 0.3) is 22.7 Å². The lowest BCUT2D eigenvalue weighted by Crippen LogP contribution is -2.38. The minimum atomic E-state index is -4.71. The molecular formula is C21H18F5N7OS. The Bertz CT molecular complexity index is 1290. The fourth-order valence-electron chi connectivity index (χ4n) is 3.63. The number of hydrogen-bond donors (Lipinski definition) is 0. The molecule has 35 heavy (non-hydrogen) atoms. The summed E-state index contributed by atoms with van der Waals surface area (Å²) >= 11 is 1.54. The molecule has 4 aromatic rings. The monoisotopic (exact) mass is 511 g/mol. The van der Waals surface area contributed by atoms with E-state index in [1.165, 1.54) is 12.3 Å². The van der Waals surface area contributed by atoms with Gasteiger partial charge >= 0.3 is 12.1 Å². The fraction of sp³-hybridized carbons (Fsp3) is 0.381. The Morgan fingerprint density at radius 2 is 1.83 bits per heavy atom. The standard InChI is InChI=1S/C21H18F5N7OS/c22-20(23)3-5-32(6-4-20)10-16-7-14(12-35-16)17-11-33(31-28-17)9-15-2-1-13(8-27-15)18-29-30-19(34-18)21(24,25)26/h1-2,7-8,11-12H,3-6,9-10H2. The largest absolute Gasteiger partial charge is 0.470 e. The van der Waals surface area contributed by atoms with Gasteiger partial charge in [0.2, 0.25) is 5.89 Å². The summed E-state index contributed by atoms with van der Waals surface area (Å²) in [7, 11) is 0. The van der Waals surface area contributed by atoms with E-state index in [4.69, 9.17) is 0 Å². The second-order valence-electron chi connectivity index (χ2n) is 8.18. The van der Waals surface area contributed by atoms with E-state index in [0.717, 1.165) is 10.4 Å². The number of hydrogen-bond acceptors (Lipinski definition) is 8. The Hall–Kier alpha value is -3.26. The van der Waals surface area contributed by atoms with Gasteiger partial charge in [-0.05, 0) is 18.2 Å². The summed E-state index contributed by atoms with van der Waals surface area (Å²) in [5.41, 5.74) is 2.42. The third kappa shape index (κ3) is 5.53. The number of halogens is 5. The van der Waals surface area contributed by atoms with E-state index in [9.17, 15) is 22.0 Å². The van der Waals surface area contributed by atoms with E-state index in [2.05, 4.69) is 29.9 Å². The van der Waals surface area contributed by atoms with Crippen LogP contribution in [0.2, 0.25) is 0 Å². The summed E-state index contributed by atoms with van der Waals surface area (Å²) in [6.45, 7) is 1.66. The Morgan fingerprint density at radius 1 is 1.03 bits per heavy atom. The predicted molar refractivity (Wildman–Crippen MR) is 114 cm³/mol. The molecule has 0 unspecified atom stereocenters. The molecule has 1 aliphatic heterocycles. The van der Waals surface area contributed by atoms with Crippen LogP contribution in [0, 0.1) is 0 Å². The molecule has 0 aromatic carbocycles. The highest BCUT2D eigenvalue weighted by Gasteiger charge is 2.38. The second kappa shape index (κ2) is 9.07. The van der Waals surface area contributed by atoms with Gasteiger partial charge < -0.3 is 4.42 Å². The summed E-state index contributed by atoms with van der Waals surface area (Å²) in [5.74, 6) is -4.25. The van der Waals surface area contributed by atoms with Gasteiger partial charge in [0.05, 0.1) is 24.0 Å². The molecule has 0 saturated carbocycles. The lowest BCUT2D eigenvalue weighted by atomic mass is 10.1. The minimum absolute atomic E-state index is 0.113. The van der Waals surface area contributed by atoms with Crippen molar-refractivity contribution < 1.29 is 26.4 Å². The molecule has 14 heteroatoms. The molecule has 0 amide bonds. The van der Waals surface area contributed by atoms with Crippen molar-refractivity contribution in [1.29, 1.82) is 0 Å². The van der Waals surface area contributed by atoms with Gasteiger partial charge in [-0.1, -0.05) is 5.21 Å². The van der Waals surface area contributed by atoms with Gasteiger partial charge in [0.1, 0.15) is 5.69 Å². The molecule has 0 spiro atoms. The highest BCUT2D eigenvalue weighted by atomic mass is 32.1. The third-order valence-corrected chi connectivity index (χ3v) is 6.44. The smallest absolute Gasteiger partial charge is 0.413 e. The van der Waals surface area contributed by atoms with Crippen LogP contribution in [0.15, 0.2) is 40.4 Å². The van der Waals surface area contributed by atoms with Crippen molar-refractivity contribution in [2.45, 2.75) is 38.0 Å². The number of likely N-dealkylation sites (tertiary alicyclic amines) is 1. The summed E-state index contributed by atoms with van der Waals surface area (Å²) < 4.78 is 70.8. The van der Waals surface area contributed by atoms with Gasteiger partial charge in [0, 0.05) is 54.5 Å². The zero-order valence-corrected chi connectivity index (χ0v) is 18.9. The molecule has 8 nitrogen and oxygen atoms in total. The molecule has 4 aromatic heterocycles. The van der Waals surface area contributed by atoms with Gasteiger partial charge in [0.15, 0.2) is 0 Å². The van der Waals surface area contributed by atoms with E-state index < -0.39 is 18.0 Å². The number of alkyl halides is 5. The highest BCUT2D eigenvalue weighted by molar-refractivity contribution is 7.10. The molecular weight excluding hydrogens is 493 g/mol. The zero-order valence-electron chi connectivity index (χ0n) is 18.0. The van der Waals surface area contributed by atoms with Crippen molar-refractivity contribution in [3.63, 3.8) is 0 Å². The summed E-state index contributed by atoms with van der Waals surface area (Å²) in [6, 6.07) is 5.15. The molecule has 0 bridgehead atoms. The van der Waals surface area contributed by atoms with Crippen LogP contribution in [0.1, 0.15) is 29.3 Å². The molecule has 0 N–H and O–H groups in total. The van der Waals surface area contributed by atoms with E-state index >= 15 is 0 Å². The molecule has 5 heterocycles. The summed E-state index contributed by atoms with van der Waals surface area (Å²) in [4.78, 5) is 7.32. The first-order valence-electron chi connectivity index (χ1n) is 10.6. The van der Waals surface area contributed by atoms with E-state index in [0.29, 0.717) is 37.6 Å². The number of piperidine rings is 1. The van der Waals surface area contributed by atoms with E-state index in [1.807, 2.05) is 16.3 Å². The lowest BCUT2D eigenvalue weighted by Gasteiger charge is -2.31. The third-order valence-electron chi connectivity index (χ3n) is 5.52. The number of aromatic nitrogens is 6. The Balaban J connectivity index is 1.20. The Labute approximate surface area is 199 Å². The molecule has 1 saturated heterocycles. The first-order chi connectivity index (χ1) is 16.6. The molecule has 5 rings (SSSR count). The van der Waals surface area contributed by atoms with Crippen LogP contribution in [0.4, 0.5) is 22.0 Å².